The average molecular weight is 186 g/mol. The molecule has 3 heteroatoms. The smallest absolute Gasteiger partial charge is 0.0509 e. The Bertz CT molecular complexity index is 135. The number of hydrogen-bond acceptors (Lipinski definition) is 3. The summed E-state index contributed by atoms with van der Waals surface area (Å²) < 4.78 is 5.35. The molecule has 1 heterocycles. The second-order valence-corrected chi connectivity index (χ2v) is 4.16. The third-order valence-electron chi connectivity index (χ3n) is 2.86. The van der Waals surface area contributed by atoms with Gasteiger partial charge in [0.15, 0.2) is 0 Å². The Balaban J connectivity index is 2.12. The highest BCUT2D eigenvalue weighted by Crippen LogP contribution is 2.16. The molecule has 3 atom stereocenters. The molecule has 3 N–H and O–H groups in total. The van der Waals surface area contributed by atoms with Crippen LogP contribution >= 0.6 is 0 Å². The minimum Gasteiger partial charge on any atom is -0.381 e. The summed E-state index contributed by atoms with van der Waals surface area (Å²) in [6.07, 6.45) is 1.20. The van der Waals surface area contributed by atoms with Crippen molar-refractivity contribution in [1.82, 2.24) is 5.32 Å². The maximum atomic E-state index is 5.55. The van der Waals surface area contributed by atoms with Crippen LogP contribution in [-0.4, -0.2) is 32.3 Å². The van der Waals surface area contributed by atoms with E-state index in [4.69, 9.17) is 10.5 Å². The molecule has 0 bridgehead atoms. The van der Waals surface area contributed by atoms with Gasteiger partial charge < -0.3 is 15.8 Å². The van der Waals surface area contributed by atoms with E-state index in [9.17, 15) is 0 Å². The van der Waals surface area contributed by atoms with Crippen molar-refractivity contribution in [2.75, 3.05) is 26.3 Å². The number of nitrogens with one attached hydrogen (secondary N) is 1. The quantitative estimate of drug-likeness (QED) is 0.661. The Morgan fingerprint density at radius 2 is 2.31 bits per heavy atom. The summed E-state index contributed by atoms with van der Waals surface area (Å²) in [6.45, 7) is 8.05. The molecule has 13 heavy (non-hydrogen) atoms. The molecule has 0 aromatic heterocycles. The Morgan fingerprint density at radius 3 is 2.85 bits per heavy atom. The fourth-order valence-corrected chi connectivity index (χ4v) is 1.58. The molecule has 0 aliphatic carbocycles. The molecule has 3 unspecified atom stereocenters. The molecule has 0 radical (unpaired) electrons. The van der Waals surface area contributed by atoms with Crippen LogP contribution in [0.25, 0.3) is 0 Å². The molecule has 0 amide bonds. The van der Waals surface area contributed by atoms with Gasteiger partial charge in [-0.3, -0.25) is 0 Å². The Kier molecular flexibility index (Phi) is 4.70. The summed E-state index contributed by atoms with van der Waals surface area (Å²) in [5, 5.41) is 3.52. The van der Waals surface area contributed by atoms with Gasteiger partial charge in [-0.1, -0.05) is 6.92 Å². The summed E-state index contributed by atoms with van der Waals surface area (Å²) >= 11 is 0. The third kappa shape index (κ3) is 3.63. The van der Waals surface area contributed by atoms with E-state index in [-0.39, 0.29) is 0 Å². The zero-order chi connectivity index (χ0) is 9.68. The van der Waals surface area contributed by atoms with E-state index in [0.717, 1.165) is 26.3 Å². The van der Waals surface area contributed by atoms with Crippen molar-refractivity contribution in [3.05, 3.63) is 0 Å². The maximum Gasteiger partial charge on any atom is 0.0509 e. The van der Waals surface area contributed by atoms with E-state index < -0.39 is 0 Å². The van der Waals surface area contributed by atoms with Crippen molar-refractivity contribution >= 4 is 0 Å². The number of nitrogens with two attached hydrogens (primary N) is 1. The second-order valence-electron chi connectivity index (χ2n) is 4.16. The van der Waals surface area contributed by atoms with Crippen LogP contribution in [0.4, 0.5) is 0 Å². The van der Waals surface area contributed by atoms with Crippen molar-refractivity contribution < 1.29 is 4.74 Å². The van der Waals surface area contributed by atoms with Crippen LogP contribution in [0.3, 0.4) is 0 Å². The highest BCUT2D eigenvalue weighted by molar-refractivity contribution is 4.76. The van der Waals surface area contributed by atoms with Gasteiger partial charge in [0.05, 0.1) is 6.61 Å². The topological polar surface area (TPSA) is 47.3 Å². The monoisotopic (exact) mass is 186 g/mol. The zero-order valence-corrected chi connectivity index (χ0v) is 8.75. The molecule has 0 spiro atoms. The standard InChI is InChI=1S/C10H22N2O/c1-8(5-11)6-12-9(2)10-3-4-13-7-10/h8-10,12H,3-7,11H2,1-2H3. The van der Waals surface area contributed by atoms with Gasteiger partial charge in [0, 0.05) is 12.6 Å². The van der Waals surface area contributed by atoms with Gasteiger partial charge in [-0.15, -0.1) is 0 Å². The number of hydrogen-bond donors (Lipinski definition) is 2. The van der Waals surface area contributed by atoms with Crippen LogP contribution < -0.4 is 11.1 Å². The highest BCUT2D eigenvalue weighted by Gasteiger charge is 2.21. The Morgan fingerprint density at radius 1 is 1.54 bits per heavy atom. The van der Waals surface area contributed by atoms with Gasteiger partial charge in [0.1, 0.15) is 0 Å². The molecule has 1 fully saturated rings. The molecule has 0 aromatic carbocycles. The summed E-state index contributed by atoms with van der Waals surface area (Å²) in [5.74, 6) is 1.27. The Hall–Kier alpha value is -0.120. The lowest BCUT2D eigenvalue weighted by Gasteiger charge is -2.21. The van der Waals surface area contributed by atoms with Crippen molar-refractivity contribution in [3.8, 4) is 0 Å². The molecular weight excluding hydrogens is 164 g/mol. The van der Waals surface area contributed by atoms with E-state index in [0.29, 0.717) is 17.9 Å². The highest BCUT2D eigenvalue weighted by atomic mass is 16.5. The molecule has 0 aromatic rings. The molecule has 78 valence electrons. The predicted octanol–water partition coefficient (Wildman–Crippen LogP) is 0.596. The van der Waals surface area contributed by atoms with Crippen LogP contribution in [0.15, 0.2) is 0 Å². The van der Waals surface area contributed by atoms with E-state index in [1.807, 2.05) is 0 Å². The molecule has 0 saturated carbocycles. The lowest BCUT2D eigenvalue weighted by Crippen LogP contribution is -2.38. The molecule has 1 saturated heterocycles. The van der Waals surface area contributed by atoms with Crippen LogP contribution in [0, 0.1) is 11.8 Å². The van der Waals surface area contributed by atoms with Crippen LogP contribution in [0.5, 0.6) is 0 Å². The van der Waals surface area contributed by atoms with Gasteiger partial charge in [-0.2, -0.15) is 0 Å². The van der Waals surface area contributed by atoms with Crippen molar-refractivity contribution in [1.29, 1.82) is 0 Å². The average Bonchev–Trinajstić information content (AvgIpc) is 2.66. The van der Waals surface area contributed by atoms with Crippen LogP contribution in [0.2, 0.25) is 0 Å². The normalized spacial score (nSPS) is 27.5. The molecule has 1 rings (SSSR count). The maximum absolute atomic E-state index is 5.55. The summed E-state index contributed by atoms with van der Waals surface area (Å²) in [4.78, 5) is 0. The minimum atomic E-state index is 0.566. The van der Waals surface area contributed by atoms with Gasteiger partial charge >= 0.3 is 0 Å². The fourth-order valence-electron chi connectivity index (χ4n) is 1.58. The van der Waals surface area contributed by atoms with Crippen molar-refractivity contribution in [2.24, 2.45) is 17.6 Å². The first-order valence-electron chi connectivity index (χ1n) is 5.25. The van der Waals surface area contributed by atoms with E-state index in [1.165, 1.54) is 6.42 Å². The minimum absolute atomic E-state index is 0.566. The van der Waals surface area contributed by atoms with Gasteiger partial charge in [-0.25, -0.2) is 0 Å². The van der Waals surface area contributed by atoms with Gasteiger partial charge in [0.25, 0.3) is 0 Å². The summed E-state index contributed by atoms with van der Waals surface area (Å²) in [6, 6.07) is 0.566. The van der Waals surface area contributed by atoms with Crippen LogP contribution in [0.1, 0.15) is 20.3 Å². The molecule has 1 aliphatic rings. The van der Waals surface area contributed by atoms with Crippen LogP contribution in [-0.2, 0) is 4.74 Å². The SMILES string of the molecule is CC(CN)CNC(C)C1CCOC1. The first-order valence-corrected chi connectivity index (χ1v) is 5.25. The molecule has 3 nitrogen and oxygen atoms in total. The first-order chi connectivity index (χ1) is 6.24. The number of ether oxygens (including phenoxy) is 1. The summed E-state index contributed by atoms with van der Waals surface area (Å²) in [5.41, 5.74) is 5.55. The van der Waals surface area contributed by atoms with E-state index in [2.05, 4.69) is 19.2 Å². The van der Waals surface area contributed by atoms with Crippen molar-refractivity contribution in [3.63, 3.8) is 0 Å². The lowest BCUT2D eigenvalue weighted by atomic mass is 10.00. The largest absolute Gasteiger partial charge is 0.381 e. The molecular formula is C10H22N2O. The summed E-state index contributed by atoms with van der Waals surface area (Å²) in [7, 11) is 0. The van der Waals surface area contributed by atoms with E-state index >= 15 is 0 Å². The van der Waals surface area contributed by atoms with Crippen molar-refractivity contribution in [2.45, 2.75) is 26.3 Å². The second kappa shape index (κ2) is 5.58. The molecule has 1 aliphatic heterocycles. The van der Waals surface area contributed by atoms with Gasteiger partial charge in [-0.05, 0) is 38.3 Å². The van der Waals surface area contributed by atoms with E-state index in [1.54, 1.807) is 0 Å². The predicted molar refractivity (Wildman–Crippen MR) is 54.6 cm³/mol. The fraction of sp³-hybridized carbons (Fsp3) is 1.00. The first kappa shape index (κ1) is 11.0. The lowest BCUT2D eigenvalue weighted by molar-refractivity contribution is 0.178. The Labute approximate surface area is 81.0 Å². The third-order valence-corrected chi connectivity index (χ3v) is 2.86. The zero-order valence-electron chi connectivity index (χ0n) is 8.75. The number of rotatable bonds is 5. The van der Waals surface area contributed by atoms with Gasteiger partial charge in [0.2, 0.25) is 0 Å².